The number of carbonyl (C=O) groups excluding carboxylic acids is 2. The van der Waals surface area contributed by atoms with Gasteiger partial charge in [-0.15, -0.1) is 0 Å². The van der Waals surface area contributed by atoms with E-state index >= 15 is 0 Å². The predicted octanol–water partition coefficient (Wildman–Crippen LogP) is 2.94. The van der Waals surface area contributed by atoms with Crippen molar-refractivity contribution < 1.29 is 19.4 Å². The van der Waals surface area contributed by atoms with Crippen LogP contribution in [0.4, 0.5) is 0 Å². The highest BCUT2D eigenvalue weighted by Gasteiger charge is 2.67. The summed E-state index contributed by atoms with van der Waals surface area (Å²) in [6, 6.07) is 3.30. The van der Waals surface area contributed by atoms with E-state index in [1.54, 1.807) is 12.1 Å². The van der Waals surface area contributed by atoms with E-state index in [1.807, 2.05) is 6.92 Å². The molecule has 2 amide bonds. The zero-order valence-electron chi connectivity index (χ0n) is 14.7. The van der Waals surface area contributed by atoms with Gasteiger partial charge in [0.1, 0.15) is 0 Å². The topological polar surface area (TPSA) is 79.2 Å². The molecule has 0 radical (unpaired) electrons. The second kappa shape index (κ2) is 5.92. The van der Waals surface area contributed by atoms with Gasteiger partial charge >= 0.3 is 0 Å². The van der Waals surface area contributed by atoms with Crippen LogP contribution in [-0.4, -0.2) is 34.8 Å². The molecule has 7 heteroatoms. The SMILES string of the molecule is CCOc1cc(/C=N\N2C(=O)[C@@H]3[C@@H]4C=C[C@H]([C@@H]5C[C@H]45)[C@H]3C2=O)cc(Br)c1O. The van der Waals surface area contributed by atoms with E-state index in [4.69, 9.17) is 4.74 Å². The molecule has 0 spiro atoms. The second-order valence-corrected chi connectivity index (χ2v) is 8.52. The Kier molecular flexibility index (Phi) is 3.73. The van der Waals surface area contributed by atoms with Gasteiger partial charge in [0.05, 0.1) is 29.1 Å². The lowest BCUT2D eigenvalue weighted by atomic mass is 9.63. The maximum Gasteiger partial charge on any atom is 0.254 e. The molecule has 6 rings (SSSR count). The van der Waals surface area contributed by atoms with Crippen LogP contribution >= 0.6 is 15.9 Å². The number of hydrazone groups is 1. The number of amides is 2. The van der Waals surface area contributed by atoms with Gasteiger partial charge in [-0.2, -0.15) is 10.1 Å². The standard InChI is InChI=1S/C20H19BrN2O4/c1-2-27-15-6-9(5-14(21)18(15)24)8-22-23-19(25)16-10-3-4-11(13-7-12(10)13)17(16)20(23)26/h3-6,8,10-13,16-17,24H,2,7H2,1H3/b22-8-/t10-,11-,12-,13+,16-,17-/m1/s1. The molecule has 1 heterocycles. The fourth-order valence-electron chi connectivity index (χ4n) is 5.11. The molecular formula is C20H19BrN2O4. The van der Waals surface area contributed by atoms with Crippen molar-refractivity contribution in [3.8, 4) is 11.5 Å². The number of rotatable bonds is 4. The average Bonchev–Trinajstić information content (AvgIpc) is 3.43. The Balaban J connectivity index is 1.42. The van der Waals surface area contributed by atoms with Gasteiger partial charge in [0.2, 0.25) is 0 Å². The van der Waals surface area contributed by atoms with Crippen molar-refractivity contribution in [1.29, 1.82) is 0 Å². The van der Waals surface area contributed by atoms with Crippen molar-refractivity contribution in [3.63, 3.8) is 0 Å². The number of hydrogen-bond acceptors (Lipinski definition) is 5. The van der Waals surface area contributed by atoms with E-state index in [0.29, 0.717) is 34.2 Å². The van der Waals surface area contributed by atoms with Crippen LogP contribution in [-0.2, 0) is 9.59 Å². The molecule has 0 aromatic heterocycles. The largest absolute Gasteiger partial charge is 0.503 e. The molecule has 2 bridgehead atoms. The maximum absolute atomic E-state index is 12.9. The lowest BCUT2D eigenvalue weighted by molar-refractivity contribution is -0.140. The summed E-state index contributed by atoms with van der Waals surface area (Å²) in [6.07, 6.45) is 6.89. The summed E-state index contributed by atoms with van der Waals surface area (Å²) in [6.45, 7) is 2.23. The quantitative estimate of drug-likeness (QED) is 0.452. The molecule has 2 saturated carbocycles. The molecule has 0 unspecified atom stereocenters. The Morgan fingerprint density at radius 3 is 2.44 bits per heavy atom. The van der Waals surface area contributed by atoms with Gasteiger partial charge in [-0.25, -0.2) is 0 Å². The fraction of sp³-hybridized carbons (Fsp3) is 0.450. The highest BCUT2D eigenvalue weighted by Crippen LogP contribution is 2.65. The number of imide groups is 1. The predicted molar refractivity (Wildman–Crippen MR) is 101 cm³/mol. The summed E-state index contributed by atoms with van der Waals surface area (Å²) < 4.78 is 5.87. The Labute approximate surface area is 165 Å². The van der Waals surface area contributed by atoms with Crippen LogP contribution in [0.5, 0.6) is 11.5 Å². The molecule has 1 aliphatic heterocycles. The van der Waals surface area contributed by atoms with E-state index in [-0.39, 0.29) is 41.2 Å². The normalized spacial score (nSPS) is 35.7. The van der Waals surface area contributed by atoms with Gasteiger partial charge < -0.3 is 9.84 Å². The Bertz CT molecular complexity index is 875. The molecule has 140 valence electrons. The molecule has 6 atom stereocenters. The number of ether oxygens (including phenoxy) is 1. The van der Waals surface area contributed by atoms with Gasteiger partial charge in [0, 0.05) is 0 Å². The summed E-state index contributed by atoms with van der Waals surface area (Å²) in [5, 5.41) is 15.3. The molecule has 27 heavy (non-hydrogen) atoms. The lowest BCUT2D eigenvalue weighted by Gasteiger charge is -2.37. The Hall–Kier alpha value is -2.15. The van der Waals surface area contributed by atoms with E-state index in [0.717, 1.165) is 11.4 Å². The summed E-state index contributed by atoms with van der Waals surface area (Å²) in [5.74, 6) is 0.981. The van der Waals surface area contributed by atoms with Crippen molar-refractivity contribution in [1.82, 2.24) is 5.01 Å². The first kappa shape index (κ1) is 17.0. The first-order chi connectivity index (χ1) is 13.0. The van der Waals surface area contributed by atoms with Crippen LogP contribution in [0.2, 0.25) is 0 Å². The monoisotopic (exact) mass is 430 g/mol. The third kappa shape index (κ3) is 2.40. The first-order valence-corrected chi connectivity index (χ1v) is 10.1. The summed E-state index contributed by atoms with van der Waals surface area (Å²) >= 11 is 3.28. The second-order valence-electron chi connectivity index (χ2n) is 7.67. The molecule has 3 fully saturated rings. The smallest absolute Gasteiger partial charge is 0.254 e. The van der Waals surface area contributed by atoms with Gasteiger partial charge in [0.25, 0.3) is 11.8 Å². The fourth-order valence-corrected chi connectivity index (χ4v) is 5.57. The number of halogens is 1. The number of carbonyl (C=O) groups is 2. The number of benzene rings is 1. The Morgan fingerprint density at radius 1 is 1.22 bits per heavy atom. The van der Waals surface area contributed by atoms with Gasteiger partial charge in [-0.3, -0.25) is 9.59 Å². The number of phenols is 1. The van der Waals surface area contributed by atoms with Crippen molar-refractivity contribution in [3.05, 3.63) is 34.3 Å². The molecule has 5 aliphatic rings. The number of hydrogen-bond donors (Lipinski definition) is 1. The summed E-state index contributed by atoms with van der Waals surface area (Å²) in [4.78, 5) is 25.8. The van der Waals surface area contributed by atoms with Crippen molar-refractivity contribution >= 4 is 34.0 Å². The number of aromatic hydroxyl groups is 1. The number of nitrogens with zero attached hydrogens (tertiary/aromatic N) is 2. The zero-order chi connectivity index (χ0) is 18.9. The van der Waals surface area contributed by atoms with Crippen LogP contribution in [0.3, 0.4) is 0 Å². The maximum atomic E-state index is 12.9. The molecule has 4 aliphatic carbocycles. The third-order valence-corrected chi connectivity index (χ3v) is 6.92. The van der Waals surface area contributed by atoms with Crippen LogP contribution in [0.1, 0.15) is 18.9 Å². The van der Waals surface area contributed by atoms with Gasteiger partial charge in [-0.1, -0.05) is 12.2 Å². The first-order valence-electron chi connectivity index (χ1n) is 9.26. The molecule has 1 N–H and O–H groups in total. The van der Waals surface area contributed by atoms with E-state index in [1.165, 1.54) is 6.21 Å². The minimum atomic E-state index is -0.251. The molecule has 1 aromatic rings. The minimum Gasteiger partial charge on any atom is -0.503 e. The van der Waals surface area contributed by atoms with Gasteiger partial charge in [-0.05, 0) is 70.6 Å². The van der Waals surface area contributed by atoms with Crippen LogP contribution in [0, 0.1) is 35.5 Å². The van der Waals surface area contributed by atoms with E-state index < -0.39 is 0 Å². The van der Waals surface area contributed by atoms with Crippen molar-refractivity contribution in [2.45, 2.75) is 13.3 Å². The third-order valence-electron chi connectivity index (χ3n) is 6.31. The average molecular weight is 431 g/mol. The zero-order valence-corrected chi connectivity index (χ0v) is 16.3. The minimum absolute atomic E-state index is 0.00946. The van der Waals surface area contributed by atoms with Crippen LogP contribution < -0.4 is 4.74 Å². The number of allylic oxidation sites excluding steroid dienone is 2. The molecule has 1 saturated heterocycles. The lowest BCUT2D eigenvalue weighted by Crippen LogP contribution is -2.40. The summed E-state index contributed by atoms with van der Waals surface area (Å²) in [5.41, 5.74) is 0.627. The molecular weight excluding hydrogens is 412 g/mol. The van der Waals surface area contributed by atoms with E-state index in [9.17, 15) is 14.7 Å². The van der Waals surface area contributed by atoms with Crippen molar-refractivity contribution in [2.24, 2.45) is 40.6 Å². The summed E-state index contributed by atoms with van der Waals surface area (Å²) in [7, 11) is 0. The number of phenolic OH excluding ortho intramolecular Hbond substituents is 1. The van der Waals surface area contributed by atoms with Crippen LogP contribution in [0.15, 0.2) is 33.9 Å². The highest BCUT2D eigenvalue weighted by molar-refractivity contribution is 9.10. The van der Waals surface area contributed by atoms with Crippen molar-refractivity contribution in [2.75, 3.05) is 6.61 Å². The van der Waals surface area contributed by atoms with Gasteiger partial charge in [0.15, 0.2) is 11.5 Å². The molecule has 6 nitrogen and oxygen atoms in total. The molecule has 1 aromatic carbocycles. The van der Waals surface area contributed by atoms with Crippen LogP contribution in [0.25, 0.3) is 0 Å². The highest BCUT2D eigenvalue weighted by atomic mass is 79.9. The Morgan fingerprint density at radius 2 is 1.85 bits per heavy atom. The van der Waals surface area contributed by atoms with E-state index in [2.05, 4.69) is 33.2 Å².